The molecule has 12 heavy (non-hydrogen) atoms. The zero-order chi connectivity index (χ0) is 9.40. The van der Waals surface area contributed by atoms with Gasteiger partial charge in [0.1, 0.15) is 6.35 Å². The van der Waals surface area contributed by atoms with Crippen molar-refractivity contribution in [2.75, 3.05) is 34.3 Å². The van der Waals surface area contributed by atoms with E-state index in [9.17, 15) is 0 Å². The van der Waals surface area contributed by atoms with Crippen molar-refractivity contribution in [3.05, 3.63) is 0 Å². The van der Waals surface area contributed by atoms with Gasteiger partial charge >= 0.3 is 0 Å². The Morgan fingerprint density at radius 3 is 2.42 bits per heavy atom. The van der Waals surface area contributed by atoms with Gasteiger partial charge in [0.2, 0.25) is 0 Å². The van der Waals surface area contributed by atoms with Crippen molar-refractivity contribution >= 4 is 8.38 Å². The fourth-order valence-corrected chi connectivity index (χ4v) is 0.919. The second kappa shape index (κ2) is 7.86. The fourth-order valence-electron chi connectivity index (χ4n) is 0.520. The summed E-state index contributed by atoms with van der Waals surface area (Å²) in [5.41, 5.74) is 0. The Bertz CT molecular complexity index is 102. The molecule has 0 saturated carbocycles. The topological polar surface area (TPSA) is 57.2 Å². The molecular weight excluding hydrogens is 183 g/mol. The van der Waals surface area contributed by atoms with Gasteiger partial charge in [-0.25, -0.2) is 0 Å². The molecule has 0 aromatic carbocycles. The lowest BCUT2D eigenvalue weighted by molar-refractivity contribution is -0.141. The predicted octanol–water partition coefficient (Wildman–Crippen LogP) is 0.530. The summed E-state index contributed by atoms with van der Waals surface area (Å²) in [6.45, 7) is 0.337. The summed E-state index contributed by atoms with van der Waals surface area (Å²) in [6, 6.07) is 0. The van der Waals surface area contributed by atoms with Gasteiger partial charge in [-0.2, -0.15) is 0 Å². The molecule has 0 aliphatic carbocycles. The Kier molecular flexibility index (Phi) is 8.01. The van der Waals surface area contributed by atoms with Crippen LogP contribution in [0.5, 0.6) is 0 Å². The standard InChI is InChI=1S/C6H15O5P/c1-8-4-6(9-2)11-5-12(7)10-3/h6-7H,4-5H2,1-3H3. The van der Waals surface area contributed by atoms with E-state index in [1.165, 1.54) is 14.2 Å². The molecule has 2 atom stereocenters. The van der Waals surface area contributed by atoms with E-state index in [1.54, 1.807) is 7.11 Å². The summed E-state index contributed by atoms with van der Waals surface area (Å²) in [6.07, 6.45) is -0.310. The van der Waals surface area contributed by atoms with Gasteiger partial charge < -0.3 is 23.6 Å². The maximum atomic E-state index is 8.99. The van der Waals surface area contributed by atoms with Gasteiger partial charge in [-0.15, -0.1) is 0 Å². The van der Waals surface area contributed by atoms with Crippen LogP contribution in [0.1, 0.15) is 0 Å². The van der Waals surface area contributed by atoms with Gasteiger partial charge in [0.15, 0.2) is 14.7 Å². The summed E-state index contributed by atoms with van der Waals surface area (Å²) < 4.78 is 19.4. The maximum absolute atomic E-state index is 8.99. The molecule has 0 heterocycles. The Morgan fingerprint density at radius 1 is 1.33 bits per heavy atom. The molecule has 0 spiro atoms. The predicted molar refractivity (Wildman–Crippen MR) is 44.8 cm³/mol. The molecule has 0 aliphatic heterocycles. The van der Waals surface area contributed by atoms with Crippen LogP contribution in [-0.4, -0.2) is 45.5 Å². The zero-order valence-electron chi connectivity index (χ0n) is 7.52. The lowest BCUT2D eigenvalue weighted by atomic mass is 10.7. The van der Waals surface area contributed by atoms with Crippen molar-refractivity contribution in [2.24, 2.45) is 0 Å². The van der Waals surface area contributed by atoms with E-state index in [4.69, 9.17) is 19.1 Å². The molecule has 0 amide bonds. The first-order valence-corrected chi connectivity index (χ1v) is 4.78. The number of hydrogen-bond acceptors (Lipinski definition) is 5. The molecule has 0 aromatic rings. The molecule has 0 rings (SSSR count). The molecule has 0 fully saturated rings. The molecule has 74 valence electrons. The smallest absolute Gasteiger partial charge is 0.195 e. The zero-order valence-corrected chi connectivity index (χ0v) is 8.41. The second-order valence-corrected chi connectivity index (χ2v) is 3.28. The Balaban J connectivity index is 3.43. The van der Waals surface area contributed by atoms with E-state index in [-0.39, 0.29) is 6.35 Å². The van der Waals surface area contributed by atoms with Crippen LogP contribution in [0.25, 0.3) is 0 Å². The Morgan fingerprint density at radius 2 is 2.00 bits per heavy atom. The average Bonchev–Trinajstić information content (AvgIpc) is 2.11. The monoisotopic (exact) mass is 198 g/mol. The van der Waals surface area contributed by atoms with Gasteiger partial charge in [-0.1, -0.05) is 0 Å². The highest BCUT2D eigenvalue weighted by Crippen LogP contribution is 2.29. The van der Waals surface area contributed by atoms with Gasteiger partial charge in [0, 0.05) is 21.3 Å². The highest BCUT2D eigenvalue weighted by molar-refractivity contribution is 7.45. The van der Waals surface area contributed by atoms with Gasteiger partial charge in [0.05, 0.1) is 6.61 Å². The summed E-state index contributed by atoms with van der Waals surface area (Å²) in [5, 5.41) is 0. The minimum absolute atomic E-state index is 0.133. The number of hydrogen-bond donors (Lipinski definition) is 1. The second-order valence-electron chi connectivity index (χ2n) is 1.95. The quantitative estimate of drug-likeness (QED) is 0.477. The third kappa shape index (κ3) is 5.83. The number of ether oxygens (including phenoxy) is 3. The molecule has 1 N–H and O–H groups in total. The lowest BCUT2D eigenvalue weighted by Gasteiger charge is -2.16. The van der Waals surface area contributed by atoms with Crippen molar-refractivity contribution in [3.8, 4) is 0 Å². The third-order valence-corrected chi connectivity index (χ3v) is 1.94. The van der Waals surface area contributed by atoms with Crippen LogP contribution in [-0.2, 0) is 18.7 Å². The van der Waals surface area contributed by atoms with Crippen molar-refractivity contribution in [2.45, 2.75) is 6.29 Å². The molecule has 0 aromatic heterocycles. The van der Waals surface area contributed by atoms with E-state index < -0.39 is 14.7 Å². The number of rotatable bonds is 7. The first-order valence-electron chi connectivity index (χ1n) is 3.38. The molecule has 0 aliphatic rings. The third-order valence-electron chi connectivity index (χ3n) is 1.15. The van der Waals surface area contributed by atoms with Crippen LogP contribution in [0.15, 0.2) is 0 Å². The van der Waals surface area contributed by atoms with Gasteiger partial charge in [-0.05, 0) is 0 Å². The van der Waals surface area contributed by atoms with E-state index in [0.717, 1.165) is 0 Å². The van der Waals surface area contributed by atoms with Crippen LogP contribution in [0, 0.1) is 0 Å². The van der Waals surface area contributed by atoms with E-state index >= 15 is 0 Å². The maximum Gasteiger partial charge on any atom is 0.195 e. The highest BCUT2D eigenvalue weighted by atomic mass is 31.2. The molecule has 5 nitrogen and oxygen atoms in total. The minimum atomic E-state index is -1.49. The molecule has 6 heteroatoms. The normalized spacial score (nSPS) is 16.0. The minimum Gasteiger partial charge on any atom is -0.379 e. The summed E-state index contributed by atoms with van der Waals surface area (Å²) in [7, 11) is 3.00. The van der Waals surface area contributed by atoms with Crippen LogP contribution in [0.4, 0.5) is 0 Å². The van der Waals surface area contributed by atoms with Gasteiger partial charge in [-0.3, -0.25) is 0 Å². The first-order chi connectivity index (χ1) is 5.74. The molecule has 0 radical (unpaired) electrons. The van der Waals surface area contributed by atoms with Crippen molar-refractivity contribution < 1.29 is 23.6 Å². The molecule has 0 saturated heterocycles. The number of methoxy groups -OCH3 is 2. The Labute approximate surface area is 73.5 Å². The summed E-state index contributed by atoms with van der Waals surface area (Å²) in [4.78, 5) is 8.99. The van der Waals surface area contributed by atoms with Crippen molar-refractivity contribution in [1.29, 1.82) is 0 Å². The van der Waals surface area contributed by atoms with E-state index in [0.29, 0.717) is 6.61 Å². The SMILES string of the molecule is COCC(OC)OCP(O)OC. The van der Waals surface area contributed by atoms with Gasteiger partial charge in [0.25, 0.3) is 0 Å². The summed E-state index contributed by atoms with van der Waals surface area (Å²) in [5.74, 6) is 0. The fraction of sp³-hybridized carbons (Fsp3) is 1.00. The van der Waals surface area contributed by atoms with Crippen LogP contribution < -0.4 is 0 Å². The van der Waals surface area contributed by atoms with E-state index in [1.807, 2.05) is 0 Å². The van der Waals surface area contributed by atoms with Crippen molar-refractivity contribution in [1.82, 2.24) is 0 Å². The lowest BCUT2D eigenvalue weighted by Crippen LogP contribution is -2.21. The van der Waals surface area contributed by atoms with E-state index in [2.05, 4.69) is 4.52 Å². The summed E-state index contributed by atoms with van der Waals surface area (Å²) >= 11 is 0. The molecule has 2 unspecified atom stereocenters. The Hall–Kier alpha value is 0.230. The van der Waals surface area contributed by atoms with Crippen LogP contribution in [0.3, 0.4) is 0 Å². The average molecular weight is 198 g/mol. The first kappa shape index (κ1) is 12.2. The van der Waals surface area contributed by atoms with Crippen molar-refractivity contribution in [3.63, 3.8) is 0 Å². The molecular formula is C6H15O5P. The van der Waals surface area contributed by atoms with Crippen LogP contribution >= 0.6 is 8.38 Å². The highest BCUT2D eigenvalue weighted by Gasteiger charge is 2.10. The molecule has 0 bridgehead atoms. The van der Waals surface area contributed by atoms with Crippen LogP contribution in [0.2, 0.25) is 0 Å². The largest absolute Gasteiger partial charge is 0.379 e.